The summed E-state index contributed by atoms with van der Waals surface area (Å²) in [5, 5.41) is 3.04. The van der Waals surface area contributed by atoms with E-state index in [1.165, 1.54) is 4.31 Å². The van der Waals surface area contributed by atoms with Crippen LogP contribution in [0.25, 0.3) is 0 Å². The topological polar surface area (TPSA) is 66.5 Å². The van der Waals surface area contributed by atoms with Crippen molar-refractivity contribution in [2.45, 2.75) is 57.9 Å². The van der Waals surface area contributed by atoms with Crippen LogP contribution < -0.4 is 5.32 Å². The van der Waals surface area contributed by atoms with Crippen molar-refractivity contribution in [3.05, 3.63) is 29.8 Å². The molecule has 1 aliphatic heterocycles. The van der Waals surface area contributed by atoms with E-state index in [0.717, 1.165) is 12.0 Å². The fourth-order valence-corrected chi connectivity index (χ4v) is 4.38. The number of nitrogens with one attached hydrogen (secondary N) is 1. The van der Waals surface area contributed by atoms with E-state index in [-0.39, 0.29) is 17.9 Å². The van der Waals surface area contributed by atoms with Gasteiger partial charge in [-0.1, -0.05) is 32.9 Å². The summed E-state index contributed by atoms with van der Waals surface area (Å²) in [7, 11) is -3.47. The Bertz CT molecular complexity index is 675. The summed E-state index contributed by atoms with van der Waals surface area (Å²) in [6, 6.07) is 7.21. The quantitative estimate of drug-likeness (QED) is 0.842. The second-order valence-corrected chi connectivity index (χ2v) is 9.16. The second kappa shape index (κ2) is 8.32. The van der Waals surface area contributed by atoms with Crippen molar-refractivity contribution in [3.63, 3.8) is 0 Å². The third kappa shape index (κ3) is 4.82. The zero-order chi connectivity index (χ0) is 18.6. The standard InChI is InChI=1S/C19H30N2O3S/c1-5-16-6-8-18(9-7-16)25(23,24)21-12-10-17(11-13-21)19(22)20-15(4)14(2)3/h6-9,14-15,17H,5,10-13H2,1-4H3,(H,20,22)/t15-/m1/s1. The number of carbonyl (C=O) groups excluding carboxylic acids is 1. The normalized spacial score (nSPS) is 18.3. The Hall–Kier alpha value is -1.40. The van der Waals surface area contributed by atoms with E-state index in [2.05, 4.69) is 19.2 Å². The van der Waals surface area contributed by atoms with E-state index in [0.29, 0.717) is 36.7 Å². The molecular formula is C19H30N2O3S. The Kier molecular flexibility index (Phi) is 6.63. The number of nitrogens with zero attached hydrogens (tertiary/aromatic N) is 1. The van der Waals surface area contributed by atoms with Gasteiger partial charge in [0.05, 0.1) is 4.90 Å². The van der Waals surface area contributed by atoms with Gasteiger partial charge in [0.25, 0.3) is 0 Å². The van der Waals surface area contributed by atoms with Gasteiger partial charge in [0.15, 0.2) is 0 Å². The van der Waals surface area contributed by atoms with Gasteiger partial charge in [0.1, 0.15) is 0 Å². The van der Waals surface area contributed by atoms with Gasteiger partial charge in [-0.05, 0) is 49.8 Å². The molecule has 0 unspecified atom stereocenters. The molecule has 0 saturated carbocycles. The predicted octanol–water partition coefficient (Wildman–Crippen LogP) is 2.81. The van der Waals surface area contributed by atoms with Crippen LogP contribution in [0, 0.1) is 11.8 Å². The van der Waals surface area contributed by atoms with E-state index < -0.39 is 10.0 Å². The number of hydrogen-bond acceptors (Lipinski definition) is 3. The van der Waals surface area contributed by atoms with Crippen LogP contribution in [0.4, 0.5) is 0 Å². The molecule has 5 nitrogen and oxygen atoms in total. The van der Waals surface area contributed by atoms with Crippen LogP contribution in [0.15, 0.2) is 29.2 Å². The van der Waals surface area contributed by atoms with Crippen LogP contribution >= 0.6 is 0 Å². The van der Waals surface area contributed by atoms with Crippen molar-refractivity contribution >= 4 is 15.9 Å². The average Bonchev–Trinajstić information content (AvgIpc) is 2.61. The van der Waals surface area contributed by atoms with Crippen molar-refractivity contribution < 1.29 is 13.2 Å². The molecule has 6 heteroatoms. The first-order valence-electron chi connectivity index (χ1n) is 9.15. The molecule has 0 aliphatic carbocycles. The number of rotatable bonds is 6. The first-order valence-corrected chi connectivity index (χ1v) is 10.6. The van der Waals surface area contributed by atoms with Crippen LogP contribution in [-0.2, 0) is 21.2 Å². The SMILES string of the molecule is CCc1ccc(S(=O)(=O)N2CCC(C(=O)N[C@H](C)C(C)C)CC2)cc1. The highest BCUT2D eigenvalue weighted by molar-refractivity contribution is 7.89. The molecular weight excluding hydrogens is 336 g/mol. The van der Waals surface area contributed by atoms with E-state index in [1.54, 1.807) is 12.1 Å². The molecule has 2 rings (SSSR count). The first-order chi connectivity index (χ1) is 11.8. The van der Waals surface area contributed by atoms with Gasteiger partial charge in [0, 0.05) is 25.0 Å². The smallest absolute Gasteiger partial charge is 0.243 e. The number of sulfonamides is 1. The van der Waals surface area contributed by atoms with Crippen LogP contribution in [0.1, 0.15) is 46.1 Å². The summed E-state index contributed by atoms with van der Waals surface area (Å²) < 4.78 is 27.0. The number of hydrogen-bond donors (Lipinski definition) is 1. The molecule has 140 valence electrons. The minimum absolute atomic E-state index is 0.0468. The van der Waals surface area contributed by atoms with E-state index >= 15 is 0 Å². The summed E-state index contributed by atoms with van der Waals surface area (Å²) in [4.78, 5) is 12.7. The Labute approximate surface area is 151 Å². The average molecular weight is 367 g/mol. The predicted molar refractivity (Wildman–Crippen MR) is 99.7 cm³/mol. The Morgan fingerprint density at radius 1 is 1.16 bits per heavy atom. The molecule has 1 N–H and O–H groups in total. The van der Waals surface area contributed by atoms with Gasteiger partial charge >= 0.3 is 0 Å². The third-order valence-electron chi connectivity index (χ3n) is 5.16. The zero-order valence-electron chi connectivity index (χ0n) is 15.7. The van der Waals surface area contributed by atoms with Crippen molar-refractivity contribution in [2.24, 2.45) is 11.8 Å². The number of benzene rings is 1. The van der Waals surface area contributed by atoms with Crippen LogP contribution in [0.3, 0.4) is 0 Å². The molecule has 25 heavy (non-hydrogen) atoms. The molecule has 1 aliphatic rings. The zero-order valence-corrected chi connectivity index (χ0v) is 16.5. The maximum atomic E-state index is 12.8. The third-order valence-corrected chi connectivity index (χ3v) is 7.08. The largest absolute Gasteiger partial charge is 0.353 e. The molecule has 1 aromatic rings. The Morgan fingerprint density at radius 3 is 2.20 bits per heavy atom. The number of amides is 1. The number of carbonyl (C=O) groups is 1. The fourth-order valence-electron chi connectivity index (χ4n) is 2.91. The summed E-state index contributed by atoms with van der Waals surface area (Å²) >= 11 is 0. The second-order valence-electron chi connectivity index (χ2n) is 7.22. The van der Waals surface area contributed by atoms with Crippen LogP contribution in [0.5, 0.6) is 0 Å². The molecule has 0 aromatic heterocycles. The van der Waals surface area contributed by atoms with Crippen LogP contribution in [-0.4, -0.2) is 37.8 Å². The monoisotopic (exact) mass is 366 g/mol. The lowest BCUT2D eigenvalue weighted by atomic mass is 9.96. The molecule has 1 fully saturated rings. The summed E-state index contributed by atoms with van der Waals surface area (Å²) in [6.45, 7) is 8.98. The van der Waals surface area contributed by atoms with Crippen molar-refractivity contribution in [3.8, 4) is 0 Å². The van der Waals surface area contributed by atoms with Crippen LogP contribution in [0.2, 0.25) is 0 Å². The van der Waals surface area contributed by atoms with Crippen molar-refractivity contribution in [1.82, 2.24) is 9.62 Å². The molecule has 1 atom stereocenters. The van der Waals surface area contributed by atoms with Crippen molar-refractivity contribution in [1.29, 1.82) is 0 Å². The molecule has 1 amide bonds. The van der Waals surface area contributed by atoms with Gasteiger partial charge in [-0.2, -0.15) is 4.31 Å². The van der Waals surface area contributed by atoms with Crippen molar-refractivity contribution in [2.75, 3.05) is 13.1 Å². The molecule has 1 aromatic carbocycles. The minimum Gasteiger partial charge on any atom is -0.353 e. The molecule has 0 spiro atoms. The highest BCUT2D eigenvalue weighted by Crippen LogP contribution is 2.24. The lowest BCUT2D eigenvalue weighted by Gasteiger charge is -2.31. The first kappa shape index (κ1) is 19.9. The lowest BCUT2D eigenvalue weighted by Crippen LogP contribution is -2.45. The number of aryl methyl sites for hydroxylation is 1. The highest BCUT2D eigenvalue weighted by Gasteiger charge is 2.32. The van der Waals surface area contributed by atoms with E-state index in [1.807, 2.05) is 26.0 Å². The lowest BCUT2D eigenvalue weighted by molar-refractivity contribution is -0.127. The molecule has 1 saturated heterocycles. The van der Waals surface area contributed by atoms with Gasteiger partial charge in [-0.15, -0.1) is 0 Å². The van der Waals surface area contributed by atoms with E-state index in [9.17, 15) is 13.2 Å². The maximum Gasteiger partial charge on any atom is 0.243 e. The van der Waals surface area contributed by atoms with Gasteiger partial charge in [-0.3, -0.25) is 4.79 Å². The molecule has 0 radical (unpaired) electrons. The van der Waals surface area contributed by atoms with Gasteiger partial charge < -0.3 is 5.32 Å². The van der Waals surface area contributed by atoms with Gasteiger partial charge in [-0.25, -0.2) is 8.42 Å². The Balaban J connectivity index is 1.97. The summed E-state index contributed by atoms with van der Waals surface area (Å²) in [5.74, 6) is 0.330. The minimum atomic E-state index is -3.47. The highest BCUT2D eigenvalue weighted by atomic mass is 32.2. The summed E-state index contributed by atoms with van der Waals surface area (Å²) in [5.41, 5.74) is 1.12. The Morgan fingerprint density at radius 2 is 1.72 bits per heavy atom. The maximum absolute atomic E-state index is 12.8. The fraction of sp³-hybridized carbons (Fsp3) is 0.632. The summed E-state index contributed by atoms with van der Waals surface area (Å²) in [6.07, 6.45) is 2.03. The molecule has 1 heterocycles. The molecule has 0 bridgehead atoms. The number of piperidine rings is 1. The van der Waals surface area contributed by atoms with E-state index in [4.69, 9.17) is 0 Å². The van der Waals surface area contributed by atoms with Gasteiger partial charge in [0.2, 0.25) is 15.9 Å².